The second-order valence-corrected chi connectivity index (χ2v) is 4.59. The van der Waals surface area contributed by atoms with E-state index < -0.39 is 0 Å². The Morgan fingerprint density at radius 3 is 2.95 bits per heavy atom. The van der Waals surface area contributed by atoms with Crippen LogP contribution in [-0.2, 0) is 4.74 Å². The molecule has 6 nitrogen and oxygen atoms in total. The fourth-order valence-corrected chi connectivity index (χ4v) is 2.20. The Balaban J connectivity index is 2.00. The van der Waals surface area contributed by atoms with Crippen LogP contribution < -0.4 is 4.74 Å². The van der Waals surface area contributed by atoms with Gasteiger partial charge in [-0.25, -0.2) is 4.98 Å². The number of methoxy groups -OCH3 is 1. The van der Waals surface area contributed by atoms with E-state index in [-0.39, 0.29) is 5.91 Å². The molecule has 0 saturated carbocycles. The van der Waals surface area contributed by atoms with Crippen LogP contribution in [0.5, 0.6) is 5.75 Å². The molecule has 1 fully saturated rings. The van der Waals surface area contributed by atoms with E-state index in [4.69, 9.17) is 9.47 Å². The van der Waals surface area contributed by atoms with Gasteiger partial charge in [0.25, 0.3) is 5.91 Å². The molecule has 1 amide bonds. The van der Waals surface area contributed by atoms with Gasteiger partial charge in [0.1, 0.15) is 18.2 Å². The van der Waals surface area contributed by atoms with E-state index in [2.05, 4.69) is 9.97 Å². The van der Waals surface area contributed by atoms with Crippen LogP contribution >= 0.6 is 0 Å². The molecule has 0 spiro atoms. The normalized spacial score (nSPS) is 14.2. The van der Waals surface area contributed by atoms with Crippen molar-refractivity contribution in [3.63, 3.8) is 0 Å². The Hall–Kier alpha value is -2.47. The van der Waals surface area contributed by atoms with Crippen LogP contribution in [0.15, 0.2) is 36.7 Å². The molecular weight excluding hydrogens is 270 g/mol. The van der Waals surface area contributed by atoms with Crippen molar-refractivity contribution < 1.29 is 14.3 Å². The summed E-state index contributed by atoms with van der Waals surface area (Å²) in [6.45, 7) is 1.43. The third-order valence-corrected chi connectivity index (χ3v) is 3.28. The van der Waals surface area contributed by atoms with E-state index in [0.29, 0.717) is 37.0 Å². The van der Waals surface area contributed by atoms with Gasteiger partial charge in [0.2, 0.25) is 0 Å². The zero-order chi connectivity index (χ0) is 14.7. The third kappa shape index (κ3) is 2.71. The van der Waals surface area contributed by atoms with Crippen molar-refractivity contribution in [2.24, 2.45) is 0 Å². The number of nitrogens with zero attached hydrogens (tertiary/aromatic N) is 3. The molecule has 1 aromatic carbocycles. The molecule has 0 bridgehead atoms. The predicted octanol–water partition coefficient (Wildman–Crippen LogP) is 1.58. The maximum Gasteiger partial charge on any atom is 0.276 e. The SMILES string of the molecule is COc1cccc(-c2nccnc2C(=O)N2CCOC2)c1. The zero-order valence-electron chi connectivity index (χ0n) is 11.7. The summed E-state index contributed by atoms with van der Waals surface area (Å²) in [5, 5.41) is 0. The Morgan fingerprint density at radius 1 is 1.33 bits per heavy atom. The quantitative estimate of drug-likeness (QED) is 0.856. The monoisotopic (exact) mass is 285 g/mol. The van der Waals surface area contributed by atoms with Gasteiger partial charge in [0.15, 0.2) is 5.69 Å². The number of hydrogen-bond acceptors (Lipinski definition) is 5. The zero-order valence-corrected chi connectivity index (χ0v) is 11.7. The minimum atomic E-state index is -0.168. The first kappa shape index (κ1) is 13.5. The van der Waals surface area contributed by atoms with Gasteiger partial charge >= 0.3 is 0 Å². The fraction of sp³-hybridized carbons (Fsp3) is 0.267. The number of hydrogen-bond donors (Lipinski definition) is 0. The second kappa shape index (κ2) is 5.88. The smallest absolute Gasteiger partial charge is 0.276 e. The molecule has 1 aliphatic rings. The number of carbonyl (C=O) groups is 1. The topological polar surface area (TPSA) is 64.6 Å². The summed E-state index contributed by atoms with van der Waals surface area (Å²) in [7, 11) is 1.60. The van der Waals surface area contributed by atoms with E-state index in [1.54, 1.807) is 18.2 Å². The molecule has 0 radical (unpaired) electrons. The van der Waals surface area contributed by atoms with Gasteiger partial charge in [0, 0.05) is 24.5 Å². The maximum atomic E-state index is 12.5. The van der Waals surface area contributed by atoms with Crippen LogP contribution in [0.4, 0.5) is 0 Å². The number of ether oxygens (including phenoxy) is 2. The molecule has 6 heteroatoms. The minimum absolute atomic E-state index is 0.168. The maximum absolute atomic E-state index is 12.5. The Labute approximate surface area is 122 Å². The molecule has 0 unspecified atom stereocenters. The predicted molar refractivity (Wildman–Crippen MR) is 75.9 cm³/mol. The van der Waals surface area contributed by atoms with Crippen molar-refractivity contribution in [2.45, 2.75) is 0 Å². The summed E-state index contributed by atoms with van der Waals surface area (Å²) >= 11 is 0. The lowest BCUT2D eigenvalue weighted by Gasteiger charge is -2.15. The number of amides is 1. The lowest BCUT2D eigenvalue weighted by Crippen LogP contribution is -2.29. The summed E-state index contributed by atoms with van der Waals surface area (Å²) < 4.78 is 10.4. The van der Waals surface area contributed by atoms with E-state index in [1.807, 2.05) is 24.3 Å². The summed E-state index contributed by atoms with van der Waals surface area (Å²) in [5.41, 5.74) is 1.68. The number of benzene rings is 1. The number of rotatable bonds is 3. The highest BCUT2D eigenvalue weighted by molar-refractivity contribution is 5.98. The molecule has 0 aliphatic carbocycles. The van der Waals surface area contributed by atoms with Gasteiger partial charge in [-0.15, -0.1) is 0 Å². The molecular formula is C15H15N3O3. The van der Waals surface area contributed by atoms with Gasteiger partial charge in [-0.2, -0.15) is 0 Å². The molecule has 3 rings (SSSR count). The van der Waals surface area contributed by atoms with E-state index in [9.17, 15) is 4.79 Å². The standard InChI is InChI=1S/C15H15N3O3/c1-20-12-4-2-3-11(9-12)13-14(17-6-5-16-13)15(19)18-7-8-21-10-18/h2-6,9H,7-8,10H2,1H3. The molecule has 0 atom stereocenters. The van der Waals surface area contributed by atoms with Crippen LogP contribution in [0.1, 0.15) is 10.5 Å². The lowest BCUT2D eigenvalue weighted by atomic mass is 10.1. The van der Waals surface area contributed by atoms with Crippen LogP contribution in [0.25, 0.3) is 11.3 Å². The van der Waals surface area contributed by atoms with E-state index in [0.717, 1.165) is 5.56 Å². The van der Waals surface area contributed by atoms with Crippen molar-refractivity contribution in [1.29, 1.82) is 0 Å². The van der Waals surface area contributed by atoms with Crippen molar-refractivity contribution >= 4 is 5.91 Å². The molecule has 108 valence electrons. The Kier molecular flexibility index (Phi) is 3.79. The average molecular weight is 285 g/mol. The molecule has 1 saturated heterocycles. The first-order valence-electron chi connectivity index (χ1n) is 6.62. The largest absolute Gasteiger partial charge is 0.497 e. The van der Waals surface area contributed by atoms with Crippen molar-refractivity contribution in [2.75, 3.05) is 27.0 Å². The van der Waals surface area contributed by atoms with Crippen LogP contribution in [0, 0.1) is 0 Å². The van der Waals surface area contributed by atoms with Crippen LogP contribution in [0.3, 0.4) is 0 Å². The first-order valence-corrected chi connectivity index (χ1v) is 6.62. The second-order valence-electron chi connectivity index (χ2n) is 4.59. The average Bonchev–Trinajstić information content (AvgIpc) is 3.09. The number of aromatic nitrogens is 2. The van der Waals surface area contributed by atoms with Crippen LogP contribution in [0.2, 0.25) is 0 Å². The summed E-state index contributed by atoms with van der Waals surface area (Å²) in [6.07, 6.45) is 3.10. The van der Waals surface area contributed by atoms with Gasteiger partial charge in [-0.1, -0.05) is 12.1 Å². The van der Waals surface area contributed by atoms with Gasteiger partial charge in [-0.05, 0) is 12.1 Å². The van der Waals surface area contributed by atoms with Crippen molar-refractivity contribution in [3.8, 4) is 17.0 Å². The van der Waals surface area contributed by atoms with Gasteiger partial charge in [-0.3, -0.25) is 9.78 Å². The highest BCUT2D eigenvalue weighted by Gasteiger charge is 2.24. The van der Waals surface area contributed by atoms with E-state index >= 15 is 0 Å². The lowest BCUT2D eigenvalue weighted by molar-refractivity contribution is 0.0689. The first-order chi connectivity index (χ1) is 10.3. The Morgan fingerprint density at radius 2 is 2.19 bits per heavy atom. The summed E-state index contributed by atoms with van der Waals surface area (Å²) in [4.78, 5) is 22.6. The fourth-order valence-electron chi connectivity index (χ4n) is 2.20. The summed E-state index contributed by atoms with van der Waals surface area (Å²) in [6, 6.07) is 7.41. The molecule has 1 aliphatic heterocycles. The Bertz CT molecular complexity index is 654. The highest BCUT2D eigenvalue weighted by Crippen LogP contribution is 2.25. The summed E-state index contributed by atoms with van der Waals surface area (Å²) in [5.74, 6) is 0.541. The third-order valence-electron chi connectivity index (χ3n) is 3.28. The van der Waals surface area contributed by atoms with E-state index in [1.165, 1.54) is 6.20 Å². The number of carbonyl (C=O) groups excluding carboxylic acids is 1. The van der Waals surface area contributed by atoms with Crippen molar-refractivity contribution in [1.82, 2.24) is 14.9 Å². The molecule has 0 N–H and O–H groups in total. The van der Waals surface area contributed by atoms with Gasteiger partial charge < -0.3 is 14.4 Å². The molecule has 21 heavy (non-hydrogen) atoms. The van der Waals surface area contributed by atoms with Crippen LogP contribution in [-0.4, -0.2) is 47.8 Å². The highest BCUT2D eigenvalue weighted by atomic mass is 16.5. The van der Waals surface area contributed by atoms with Gasteiger partial charge in [0.05, 0.1) is 13.7 Å². The minimum Gasteiger partial charge on any atom is -0.497 e. The van der Waals surface area contributed by atoms with Crippen molar-refractivity contribution in [3.05, 3.63) is 42.4 Å². The molecule has 1 aromatic heterocycles. The molecule has 2 aromatic rings. The molecule has 2 heterocycles.